The monoisotopic (exact) mass is 259 g/mol. The van der Waals surface area contributed by atoms with Crippen LogP contribution in [0.15, 0.2) is 31.0 Å². The van der Waals surface area contributed by atoms with Crippen molar-refractivity contribution in [2.45, 2.75) is 19.4 Å². The molecule has 2 heterocycles. The van der Waals surface area contributed by atoms with Crippen LogP contribution >= 0.6 is 0 Å². The van der Waals surface area contributed by atoms with Gasteiger partial charge in [0.1, 0.15) is 0 Å². The van der Waals surface area contributed by atoms with Crippen LogP contribution in [0.25, 0.3) is 0 Å². The summed E-state index contributed by atoms with van der Waals surface area (Å²) in [5.41, 5.74) is 0.266. The zero-order valence-electron chi connectivity index (χ0n) is 10.5. The van der Waals surface area contributed by atoms with Crippen molar-refractivity contribution in [2.24, 2.45) is 0 Å². The Bertz CT molecular complexity index is 568. The second-order valence-corrected chi connectivity index (χ2v) is 4.44. The summed E-state index contributed by atoms with van der Waals surface area (Å²) >= 11 is 0. The minimum atomic E-state index is -1.06. The van der Waals surface area contributed by atoms with Crippen molar-refractivity contribution in [2.75, 3.05) is 5.32 Å². The van der Waals surface area contributed by atoms with Crippen LogP contribution in [0.1, 0.15) is 29.9 Å². The molecule has 0 bridgehead atoms. The van der Waals surface area contributed by atoms with Crippen molar-refractivity contribution in [3.63, 3.8) is 0 Å². The van der Waals surface area contributed by atoms with Gasteiger partial charge in [0.05, 0.1) is 23.0 Å². The second-order valence-electron chi connectivity index (χ2n) is 4.44. The third-order valence-corrected chi connectivity index (χ3v) is 2.53. The van der Waals surface area contributed by atoms with Crippen LogP contribution < -0.4 is 5.32 Å². The first-order chi connectivity index (χ1) is 8.99. The van der Waals surface area contributed by atoms with Crippen LogP contribution in [0.2, 0.25) is 0 Å². The Labute approximate surface area is 109 Å². The largest absolute Gasteiger partial charge is 0.478 e. The topological polar surface area (TPSA) is 101 Å². The van der Waals surface area contributed by atoms with E-state index in [-0.39, 0.29) is 5.56 Å². The van der Waals surface area contributed by atoms with E-state index in [1.165, 1.54) is 12.4 Å². The maximum atomic E-state index is 10.7. The average Bonchev–Trinajstić information content (AvgIpc) is 2.40. The van der Waals surface area contributed by atoms with Gasteiger partial charge in [0.15, 0.2) is 0 Å². The molecule has 0 fully saturated rings. The van der Waals surface area contributed by atoms with Gasteiger partial charge >= 0.3 is 5.97 Å². The van der Waals surface area contributed by atoms with Crippen LogP contribution in [-0.2, 0) is 5.54 Å². The molecular weight excluding hydrogens is 246 g/mol. The summed E-state index contributed by atoms with van der Waals surface area (Å²) in [4.78, 5) is 26.8. The number of rotatable bonds is 4. The van der Waals surface area contributed by atoms with E-state index in [2.05, 4.69) is 25.3 Å². The number of aromatic carboxylic acids is 1. The van der Waals surface area contributed by atoms with Gasteiger partial charge in [-0.05, 0) is 13.8 Å². The molecule has 0 aromatic carbocycles. The molecule has 0 aliphatic carbocycles. The lowest BCUT2D eigenvalue weighted by Gasteiger charge is -2.25. The molecule has 98 valence electrons. The van der Waals surface area contributed by atoms with Crippen LogP contribution in [0.5, 0.6) is 0 Å². The molecule has 0 unspecified atom stereocenters. The number of anilines is 1. The summed E-state index contributed by atoms with van der Waals surface area (Å²) < 4.78 is 0. The van der Waals surface area contributed by atoms with Crippen molar-refractivity contribution in [3.8, 4) is 0 Å². The fourth-order valence-corrected chi connectivity index (χ4v) is 1.47. The lowest BCUT2D eigenvalue weighted by Crippen LogP contribution is -2.30. The minimum Gasteiger partial charge on any atom is -0.478 e. The van der Waals surface area contributed by atoms with E-state index in [1.54, 1.807) is 18.6 Å². The Balaban J connectivity index is 2.18. The van der Waals surface area contributed by atoms with E-state index >= 15 is 0 Å². The highest BCUT2D eigenvalue weighted by Crippen LogP contribution is 2.20. The molecule has 0 saturated heterocycles. The molecule has 19 heavy (non-hydrogen) atoms. The summed E-state index contributed by atoms with van der Waals surface area (Å²) in [6.07, 6.45) is 7.36. The first-order valence-corrected chi connectivity index (χ1v) is 5.59. The van der Waals surface area contributed by atoms with E-state index in [0.717, 1.165) is 5.69 Å². The third kappa shape index (κ3) is 3.01. The summed E-state index contributed by atoms with van der Waals surface area (Å²) in [5, 5.41) is 11.9. The Morgan fingerprint density at radius 1 is 1.16 bits per heavy atom. The van der Waals surface area contributed by atoms with Gasteiger partial charge in [0, 0.05) is 24.8 Å². The first kappa shape index (κ1) is 12.9. The number of carboxylic acid groups (broad SMARTS) is 1. The smallest absolute Gasteiger partial charge is 0.338 e. The average molecular weight is 259 g/mol. The summed E-state index contributed by atoms with van der Waals surface area (Å²) in [6, 6.07) is 0. The number of nitrogens with one attached hydrogen (secondary N) is 1. The SMILES string of the molecule is CC(C)(Nc1ncc(C(=O)O)cn1)c1cnccn1. The zero-order valence-corrected chi connectivity index (χ0v) is 10.5. The maximum absolute atomic E-state index is 10.7. The number of carboxylic acids is 1. The van der Waals surface area contributed by atoms with E-state index < -0.39 is 11.5 Å². The number of hydrogen-bond acceptors (Lipinski definition) is 6. The highest BCUT2D eigenvalue weighted by atomic mass is 16.4. The first-order valence-electron chi connectivity index (χ1n) is 5.59. The number of hydrogen-bond donors (Lipinski definition) is 2. The van der Waals surface area contributed by atoms with Crippen molar-refractivity contribution >= 4 is 11.9 Å². The lowest BCUT2D eigenvalue weighted by molar-refractivity contribution is 0.0696. The summed E-state index contributed by atoms with van der Waals surface area (Å²) in [7, 11) is 0. The molecule has 7 nitrogen and oxygen atoms in total. The molecule has 2 aromatic heterocycles. The molecule has 2 N–H and O–H groups in total. The molecule has 7 heteroatoms. The van der Waals surface area contributed by atoms with Gasteiger partial charge in [-0.1, -0.05) is 0 Å². The van der Waals surface area contributed by atoms with Gasteiger partial charge in [0.25, 0.3) is 0 Å². The van der Waals surface area contributed by atoms with Gasteiger partial charge in [0.2, 0.25) is 5.95 Å². The number of aromatic nitrogens is 4. The molecule has 0 aliphatic heterocycles. The van der Waals surface area contributed by atoms with E-state index in [9.17, 15) is 4.79 Å². The summed E-state index contributed by atoms with van der Waals surface area (Å²) in [5.74, 6) is -0.722. The highest BCUT2D eigenvalue weighted by molar-refractivity contribution is 5.86. The van der Waals surface area contributed by atoms with Gasteiger partial charge in [-0.3, -0.25) is 9.97 Å². The van der Waals surface area contributed by atoms with Crippen LogP contribution in [0.4, 0.5) is 5.95 Å². The van der Waals surface area contributed by atoms with E-state index in [1.807, 2.05) is 13.8 Å². The standard InChI is InChI=1S/C12H13N5O2/c1-12(2,9-7-13-3-4-14-9)17-11-15-5-8(6-16-11)10(18)19/h3-7H,1-2H3,(H,18,19)(H,15,16,17). The fraction of sp³-hybridized carbons (Fsp3) is 0.250. The molecule has 0 atom stereocenters. The van der Waals surface area contributed by atoms with Gasteiger partial charge in [-0.2, -0.15) is 0 Å². The molecule has 0 saturated carbocycles. The Morgan fingerprint density at radius 2 is 1.84 bits per heavy atom. The predicted molar refractivity (Wildman–Crippen MR) is 67.7 cm³/mol. The Kier molecular flexibility index (Phi) is 3.37. The maximum Gasteiger partial charge on any atom is 0.338 e. The normalized spacial score (nSPS) is 11.1. The van der Waals surface area contributed by atoms with Gasteiger partial charge < -0.3 is 10.4 Å². The fourth-order valence-electron chi connectivity index (χ4n) is 1.47. The van der Waals surface area contributed by atoms with E-state index in [4.69, 9.17) is 5.11 Å². The molecule has 2 aromatic rings. The predicted octanol–water partition coefficient (Wildman–Crippen LogP) is 1.31. The van der Waals surface area contributed by atoms with Crippen LogP contribution in [0.3, 0.4) is 0 Å². The minimum absolute atomic E-state index is 0.0443. The Hall–Kier alpha value is -2.57. The second kappa shape index (κ2) is 4.97. The Morgan fingerprint density at radius 3 is 2.37 bits per heavy atom. The molecule has 0 radical (unpaired) electrons. The van der Waals surface area contributed by atoms with Crippen molar-refractivity contribution in [1.29, 1.82) is 0 Å². The van der Waals surface area contributed by atoms with Gasteiger partial charge in [-0.25, -0.2) is 14.8 Å². The van der Waals surface area contributed by atoms with Crippen molar-refractivity contribution in [3.05, 3.63) is 42.2 Å². The van der Waals surface area contributed by atoms with Crippen molar-refractivity contribution in [1.82, 2.24) is 19.9 Å². The molecule has 2 rings (SSSR count). The highest BCUT2D eigenvalue weighted by Gasteiger charge is 2.23. The molecule has 0 aliphatic rings. The van der Waals surface area contributed by atoms with Crippen molar-refractivity contribution < 1.29 is 9.90 Å². The molecular formula is C12H13N5O2. The lowest BCUT2D eigenvalue weighted by atomic mass is 10.0. The number of nitrogens with zero attached hydrogens (tertiary/aromatic N) is 4. The van der Waals surface area contributed by atoms with Crippen LogP contribution in [-0.4, -0.2) is 31.0 Å². The quantitative estimate of drug-likeness (QED) is 0.853. The zero-order chi connectivity index (χ0) is 13.9. The van der Waals surface area contributed by atoms with Crippen LogP contribution in [0, 0.1) is 0 Å². The molecule has 0 amide bonds. The van der Waals surface area contributed by atoms with Gasteiger partial charge in [-0.15, -0.1) is 0 Å². The van der Waals surface area contributed by atoms with E-state index in [0.29, 0.717) is 5.95 Å². The third-order valence-electron chi connectivity index (χ3n) is 2.53. The number of carbonyl (C=O) groups is 1. The molecule has 0 spiro atoms. The summed E-state index contributed by atoms with van der Waals surface area (Å²) in [6.45, 7) is 3.82.